The average molecular weight is 466 g/mol. The Labute approximate surface area is 199 Å². The van der Waals surface area contributed by atoms with Crippen molar-refractivity contribution in [3.8, 4) is 11.5 Å². The lowest BCUT2D eigenvalue weighted by molar-refractivity contribution is -0.153. The van der Waals surface area contributed by atoms with E-state index in [1.54, 1.807) is 38.2 Å². The van der Waals surface area contributed by atoms with Gasteiger partial charge >= 0.3 is 5.97 Å². The lowest BCUT2D eigenvalue weighted by Gasteiger charge is -2.38. The number of aromatic nitrogens is 2. The molecule has 1 amide bonds. The predicted molar refractivity (Wildman–Crippen MR) is 129 cm³/mol. The fourth-order valence-electron chi connectivity index (χ4n) is 4.63. The van der Waals surface area contributed by atoms with Gasteiger partial charge in [0.15, 0.2) is 5.92 Å². The van der Waals surface area contributed by atoms with Gasteiger partial charge in [0.2, 0.25) is 11.9 Å². The first kappa shape index (κ1) is 23.6. The van der Waals surface area contributed by atoms with Gasteiger partial charge in [-0.25, -0.2) is 4.98 Å². The number of hydrogen-bond donors (Lipinski definition) is 0. The van der Waals surface area contributed by atoms with Crippen LogP contribution in [0.2, 0.25) is 0 Å². The van der Waals surface area contributed by atoms with Crippen molar-refractivity contribution >= 4 is 28.9 Å². The normalized spacial score (nSPS) is 17.5. The zero-order valence-corrected chi connectivity index (χ0v) is 20.1. The zero-order chi connectivity index (χ0) is 24.2. The Morgan fingerprint density at radius 2 is 1.85 bits per heavy atom. The lowest BCUT2D eigenvalue weighted by Crippen LogP contribution is -2.50. The first-order chi connectivity index (χ1) is 16.5. The maximum atomic E-state index is 13.9. The van der Waals surface area contributed by atoms with Crippen LogP contribution in [-0.4, -0.2) is 48.8 Å². The minimum Gasteiger partial charge on any atom is -0.497 e. The number of ether oxygens (including phenoxy) is 3. The van der Waals surface area contributed by atoms with Gasteiger partial charge in [0, 0.05) is 12.1 Å². The molecule has 1 aliphatic heterocycles. The van der Waals surface area contributed by atoms with E-state index in [1.165, 1.54) is 0 Å². The van der Waals surface area contributed by atoms with E-state index in [2.05, 4.69) is 6.92 Å². The van der Waals surface area contributed by atoms with Gasteiger partial charge in [-0.1, -0.05) is 31.9 Å². The minimum atomic E-state index is -1.09. The fourth-order valence-corrected chi connectivity index (χ4v) is 4.63. The number of rotatable bonds is 9. The van der Waals surface area contributed by atoms with Gasteiger partial charge < -0.3 is 18.8 Å². The molecule has 1 aromatic heterocycles. The van der Waals surface area contributed by atoms with Gasteiger partial charge in [0.05, 0.1) is 37.9 Å². The molecule has 1 aliphatic rings. The van der Waals surface area contributed by atoms with E-state index < -0.39 is 17.9 Å². The average Bonchev–Trinajstić information content (AvgIpc) is 3.23. The highest BCUT2D eigenvalue weighted by Gasteiger charge is 2.48. The summed E-state index contributed by atoms with van der Waals surface area (Å²) in [4.78, 5) is 33.7. The molecule has 3 aromatic rings. The highest BCUT2D eigenvalue weighted by molar-refractivity contribution is 6.08. The molecule has 0 fully saturated rings. The van der Waals surface area contributed by atoms with Crippen LogP contribution in [0.15, 0.2) is 42.5 Å². The highest BCUT2D eigenvalue weighted by atomic mass is 16.5. The molecular formula is C26H31N3O5. The van der Waals surface area contributed by atoms with Crippen molar-refractivity contribution in [2.45, 2.75) is 39.2 Å². The number of imidazole rings is 1. The summed E-state index contributed by atoms with van der Waals surface area (Å²) in [6.07, 6.45) is 2.80. The number of carbonyl (C=O) groups is 2. The van der Waals surface area contributed by atoms with Crippen molar-refractivity contribution in [1.29, 1.82) is 0 Å². The maximum Gasteiger partial charge on any atom is 0.321 e. The highest BCUT2D eigenvalue weighted by Crippen LogP contribution is 2.44. The van der Waals surface area contributed by atoms with Gasteiger partial charge in [0.1, 0.15) is 11.5 Å². The summed E-state index contributed by atoms with van der Waals surface area (Å²) in [6, 6.07) is 12.4. The zero-order valence-electron chi connectivity index (χ0n) is 20.1. The van der Waals surface area contributed by atoms with Crippen molar-refractivity contribution in [1.82, 2.24) is 9.55 Å². The van der Waals surface area contributed by atoms with Crippen molar-refractivity contribution < 1.29 is 23.8 Å². The molecule has 0 unspecified atom stereocenters. The number of hydrogen-bond acceptors (Lipinski definition) is 6. The molecule has 0 N–H and O–H groups in total. The van der Waals surface area contributed by atoms with Crippen LogP contribution in [0.4, 0.5) is 5.95 Å². The van der Waals surface area contributed by atoms with Crippen LogP contribution >= 0.6 is 0 Å². The number of methoxy groups -OCH3 is 2. The van der Waals surface area contributed by atoms with Crippen LogP contribution in [0, 0.1) is 5.92 Å². The maximum absolute atomic E-state index is 13.9. The summed E-state index contributed by atoms with van der Waals surface area (Å²) in [6.45, 7) is 4.51. The third-order valence-electron chi connectivity index (χ3n) is 6.23. The molecule has 0 saturated heterocycles. The molecule has 2 atom stereocenters. The standard InChI is InChI=1S/C26H31N3O5/c1-5-7-10-15-28-24(30)22(25(31)34-6-2)23(18-16-17(32-3)13-14-21(18)33-4)29-20-12-9-8-11-19(20)27-26(28)29/h8-9,11-14,16,22-23H,5-7,10,15H2,1-4H3/t22-,23-/m0/s1. The Kier molecular flexibility index (Phi) is 7.05. The summed E-state index contributed by atoms with van der Waals surface area (Å²) in [7, 11) is 3.15. The summed E-state index contributed by atoms with van der Waals surface area (Å²) in [5, 5.41) is 0. The summed E-state index contributed by atoms with van der Waals surface area (Å²) in [5.74, 6) is -0.290. The third-order valence-corrected chi connectivity index (χ3v) is 6.23. The molecule has 180 valence electrons. The summed E-state index contributed by atoms with van der Waals surface area (Å²) in [5.41, 5.74) is 2.24. The molecule has 8 nitrogen and oxygen atoms in total. The molecule has 2 aromatic carbocycles. The van der Waals surface area contributed by atoms with E-state index in [0.717, 1.165) is 30.3 Å². The quantitative estimate of drug-likeness (QED) is 0.265. The Morgan fingerprint density at radius 3 is 2.56 bits per heavy atom. The number of para-hydroxylation sites is 2. The van der Waals surface area contributed by atoms with E-state index in [-0.39, 0.29) is 12.5 Å². The first-order valence-corrected chi connectivity index (χ1v) is 11.7. The second-order valence-corrected chi connectivity index (χ2v) is 8.25. The molecule has 0 aliphatic carbocycles. The first-order valence-electron chi connectivity index (χ1n) is 11.7. The molecular weight excluding hydrogens is 434 g/mol. The largest absolute Gasteiger partial charge is 0.497 e. The van der Waals surface area contributed by atoms with Crippen molar-refractivity contribution in [2.24, 2.45) is 5.92 Å². The van der Waals surface area contributed by atoms with Gasteiger partial charge in [-0.2, -0.15) is 0 Å². The predicted octanol–water partition coefficient (Wildman–Crippen LogP) is 4.36. The number of anilines is 1. The van der Waals surface area contributed by atoms with Crippen LogP contribution in [0.5, 0.6) is 11.5 Å². The van der Waals surface area contributed by atoms with Gasteiger partial charge in [-0.15, -0.1) is 0 Å². The van der Waals surface area contributed by atoms with E-state index in [4.69, 9.17) is 19.2 Å². The number of esters is 1. The van der Waals surface area contributed by atoms with E-state index >= 15 is 0 Å². The Balaban J connectivity index is 2.00. The van der Waals surface area contributed by atoms with Crippen LogP contribution in [0.25, 0.3) is 11.0 Å². The number of amides is 1. The Morgan fingerprint density at radius 1 is 1.06 bits per heavy atom. The molecule has 8 heteroatoms. The van der Waals surface area contributed by atoms with Gasteiger partial charge in [-0.05, 0) is 43.7 Å². The van der Waals surface area contributed by atoms with E-state index in [0.29, 0.717) is 29.6 Å². The molecule has 0 spiro atoms. The smallest absolute Gasteiger partial charge is 0.321 e. The molecule has 0 bridgehead atoms. The number of fused-ring (bicyclic) bond motifs is 3. The fraction of sp³-hybridized carbons (Fsp3) is 0.423. The second-order valence-electron chi connectivity index (χ2n) is 8.25. The molecule has 0 saturated carbocycles. The van der Waals surface area contributed by atoms with Crippen molar-refractivity contribution in [3.63, 3.8) is 0 Å². The number of benzene rings is 2. The van der Waals surface area contributed by atoms with Crippen LogP contribution in [-0.2, 0) is 14.3 Å². The minimum absolute atomic E-state index is 0.179. The van der Waals surface area contributed by atoms with Crippen LogP contribution in [0.3, 0.4) is 0 Å². The second kappa shape index (κ2) is 10.2. The van der Waals surface area contributed by atoms with Gasteiger partial charge in [-0.3, -0.25) is 14.5 Å². The van der Waals surface area contributed by atoms with E-state index in [1.807, 2.05) is 34.9 Å². The Bertz CT molecular complexity index is 1190. The molecule has 2 heterocycles. The molecule has 4 rings (SSSR count). The number of nitrogens with zero attached hydrogens (tertiary/aromatic N) is 3. The summed E-state index contributed by atoms with van der Waals surface area (Å²) < 4.78 is 18.5. The monoisotopic (exact) mass is 465 g/mol. The van der Waals surface area contributed by atoms with Crippen molar-refractivity contribution in [2.75, 3.05) is 32.3 Å². The third kappa shape index (κ3) is 4.08. The summed E-state index contributed by atoms with van der Waals surface area (Å²) >= 11 is 0. The SMILES string of the molecule is CCCCCN1C(=O)[C@@H](C(=O)OCC)[C@H](c2cc(OC)ccc2OC)n2c1nc1ccccc12. The number of carbonyl (C=O) groups excluding carboxylic acids is 2. The van der Waals surface area contributed by atoms with Gasteiger partial charge in [0.25, 0.3) is 0 Å². The van der Waals surface area contributed by atoms with Crippen molar-refractivity contribution in [3.05, 3.63) is 48.0 Å². The topological polar surface area (TPSA) is 82.9 Å². The molecule has 0 radical (unpaired) electrons. The Hall–Kier alpha value is -3.55. The molecule has 34 heavy (non-hydrogen) atoms. The number of unbranched alkanes of at least 4 members (excludes halogenated alkanes) is 2. The van der Waals surface area contributed by atoms with E-state index in [9.17, 15) is 9.59 Å². The van der Waals surface area contributed by atoms with Crippen LogP contribution < -0.4 is 14.4 Å². The van der Waals surface area contributed by atoms with Crippen LogP contribution in [0.1, 0.15) is 44.7 Å². The lowest BCUT2D eigenvalue weighted by atomic mass is 9.88.